The van der Waals surface area contributed by atoms with Gasteiger partial charge in [-0.25, -0.2) is 17.6 Å². The molecule has 0 saturated carbocycles. The van der Waals surface area contributed by atoms with Gasteiger partial charge in [0.2, 0.25) is 0 Å². The molecule has 142 valence electrons. The SMILES string of the molecule is CC(F)(F)c1cc(-c2cnc3cnn(Cc4cncc(F)c4)c3c2)ccc1F. The zero-order chi connectivity index (χ0) is 19.9. The highest BCUT2D eigenvalue weighted by atomic mass is 19.3. The van der Waals surface area contributed by atoms with Crippen LogP contribution in [0.1, 0.15) is 18.1 Å². The van der Waals surface area contributed by atoms with Crippen molar-refractivity contribution in [3.05, 3.63) is 77.9 Å². The lowest BCUT2D eigenvalue weighted by atomic mass is 10.0. The van der Waals surface area contributed by atoms with Crippen LogP contribution in [0.4, 0.5) is 17.6 Å². The molecule has 8 heteroatoms. The minimum absolute atomic E-state index is 0.265. The highest BCUT2D eigenvalue weighted by Gasteiger charge is 2.28. The summed E-state index contributed by atoms with van der Waals surface area (Å²) in [5, 5.41) is 4.25. The van der Waals surface area contributed by atoms with Crippen molar-refractivity contribution in [2.24, 2.45) is 0 Å². The lowest BCUT2D eigenvalue weighted by Gasteiger charge is -2.13. The van der Waals surface area contributed by atoms with Crippen LogP contribution >= 0.6 is 0 Å². The summed E-state index contributed by atoms with van der Waals surface area (Å²) in [6, 6.07) is 6.64. The average Bonchev–Trinajstić information content (AvgIpc) is 3.03. The van der Waals surface area contributed by atoms with Crippen LogP contribution in [0.2, 0.25) is 0 Å². The number of halogens is 4. The molecule has 0 bridgehead atoms. The van der Waals surface area contributed by atoms with Crippen molar-refractivity contribution < 1.29 is 17.6 Å². The molecule has 0 aliphatic carbocycles. The van der Waals surface area contributed by atoms with Gasteiger partial charge in [0.1, 0.15) is 17.2 Å². The summed E-state index contributed by atoms with van der Waals surface area (Å²) < 4.78 is 56.0. The van der Waals surface area contributed by atoms with Crippen LogP contribution in [-0.2, 0) is 12.5 Å². The standard InChI is InChI=1S/C20H14F4N4/c1-20(23,24)16-5-13(2-3-17(16)22)14-6-19-18(26-8-14)10-27-28(19)11-12-4-15(21)9-25-7-12/h2-10H,11H2,1H3. The Balaban J connectivity index is 1.76. The molecule has 3 aromatic heterocycles. The summed E-state index contributed by atoms with van der Waals surface area (Å²) in [5.74, 6) is -4.72. The van der Waals surface area contributed by atoms with Gasteiger partial charge in [0.15, 0.2) is 0 Å². The maximum atomic E-state index is 13.8. The van der Waals surface area contributed by atoms with E-state index in [0.29, 0.717) is 34.6 Å². The Hall–Kier alpha value is -3.29. The smallest absolute Gasteiger partial charge is 0.261 e. The fourth-order valence-electron chi connectivity index (χ4n) is 3.00. The Morgan fingerprint density at radius 2 is 1.79 bits per heavy atom. The van der Waals surface area contributed by atoms with E-state index >= 15 is 0 Å². The predicted octanol–water partition coefficient (Wildman–Crippen LogP) is 4.93. The van der Waals surface area contributed by atoms with E-state index in [2.05, 4.69) is 15.1 Å². The van der Waals surface area contributed by atoms with E-state index in [1.54, 1.807) is 16.9 Å². The molecule has 3 heterocycles. The Bertz CT molecular complexity index is 1160. The van der Waals surface area contributed by atoms with Crippen molar-refractivity contribution >= 4 is 11.0 Å². The topological polar surface area (TPSA) is 43.6 Å². The molecule has 0 fully saturated rings. The zero-order valence-electron chi connectivity index (χ0n) is 14.7. The lowest BCUT2D eigenvalue weighted by Crippen LogP contribution is -2.10. The number of benzene rings is 1. The van der Waals surface area contributed by atoms with Gasteiger partial charge >= 0.3 is 0 Å². The minimum atomic E-state index is -3.30. The first kappa shape index (κ1) is 18.1. The van der Waals surface area contributed by atoms with E-state index in [1.807, 2.05) is 0 Å². The van der Waals surface area contributed by atoms with E-state index in [0.717, 1.165) is 18.3 Å². The minimum Gasteiger partial charge on any atom is -0.261 e. The van der Waals surface area contributed by atoms with Crippen molar-refractivity contribution in [1.82, 2.24) is 19.7 Å². The van der Waals surface area contributed by atoms with Gasteiger partial charge in [-0.3, -0.25) is 14.6 Å². The van der Waals surface area contributed by atoms with Crippen LogP contribution in [0.25, 0.3) is 22.2 Å². The van der Waals surface area contributed by atoms with E-state index in [4.69, 9.17) is 0 Å². The second-order valence-electron chi connectivity index (χ2n) is 6.52. The third-order valence-electron chi connectivity index (χ3n) is 4.36. The van der Waals surface area contributed by atoms with E-state index in [9.17, 15) is 17.6 Å². The number of alkyl halides is 2. The molecule has 28 heavy (non-hydrogen) atoms. The maximum absolute atomic E-state index is 13.8. The van der Waals surface area contributed by atoms with Crippen molar-refractivity contribution in [3.8, 4) is 11.1 Å². The molecule has 0 aliphatic rings. The van der Waals surface area contributed by atoms with Gasteiger partial charge in [0.25, 0.3) is 5.92 Å². The van der Waals surface area contributed by atoms with Gasteiger partial charge in [0, 0.05) is 24.9 Å². The zero-order valence-corrected chi connectivity index (χ0v) is 14.7. The number of fused-ring (bicyclic) bond motifs is 1. The summed E-state index contributed by atoms with van der Waals surface area (Å²) >= 11 is 0. The van der Waals surface area contributed by atoms with E-state index in [-0.39, 0.29) is 6.54 Å². The third-order valence-corrected chi connectivity index (χ3v) is 4.36. The summed E-state index contributed by atoms with van der Waals surface area (Å²) in [7, 11) is 0. The van der Waals surface area contributed by atoms with Gasteiger partial charge in [-0.2, -0.15) is 5.10 Å². The fourth-order valence-corrected chi connectivity index (χ4v) is 3.00. The molecule has 0 spiro atoms. The lowest BCUT2D eigenvalue weighted by molar-refractivity contribution is 0.0138. The number of pyridine rings is 2. The molecule has 0 saturated heterocycles. The van der Waals surface area contributed by atoms with E-state index < -0.39 is 23.1 Å². The number of hydrogen-bond acceptors (Lipinski definition) is 3. The Kier molecular flexibility index (Phi) is 4.33. The summed E-state index contributed by atoms with van der Waals surface area (Å²) in [6.07, 6.45) is 5.72. The van der Waals surface area contributed by atoms with Gasteiger partial charge in [0.05, 0.1) is 30.0 Å². The van der Waals surface area contributed by atoms with Crippen LogP contribution in [0.3, 0.4) is 0 Å². The molecule has 1 aromatic carbocycles. The molecule has 0 radical (unpaired) electrons. The monoisotopic (exact) mass is 386 g/mol. The average molecular weight is 386 g/mol. The summed E-state index contributed by atoms with van der Waals surface area (Å²) in [4.78, 5) is 8.11. The second-order valence-corrected chi connectivity index (χ2v) is 6.52. The Morgan fingerprint density at radius 1 is 0.964 bits per heavy atom. The highest BCUT2D eigenvalue weighted by Crippen LogP contribution is 2.33. The highest BCUT2D eigenvalue weighted by molar-refractivity contribution is 5.80. The second kappa shape index (κ2) is 6.70. The van der Waals surface area contributed by atoms with Crippen LogP contribution in [0.5, 0.6) is 0 Å². The molecule has 0 N–H and O–H groups in total. The summed E-state index contributed by atoms with van der Waals surface area (Å²) in [5.41, 5.74) is 2.12. The predicted molar refractivity (Wildman–Crippen MR) is 95.8 cm³/mol. The molecule has 0 unspecified atom stereocenters. The van der Waals surface area contributed by atoms with Crippen LogP contribution in [-0.4, -0.2) is 19.7 Å². The van der Waals surface area contributed by atoms with Gasteiger partial charge in [-0.15, -0.1) is 0 Å². The molecular formula is C20H14F4N4. The van der Waals surface area contributed by atoms with Crippen molar-refractivity contribution in [2.75, 3.05) is 0 Å². The van der Waals surface area contributed by atoms with Gasteiger partial charge < -0.3 is 0 Å². The molecule has 4 rings (SSSR count). The molecule has 0 atom stereocenters. The summed E-state index contributed by atoms with van der Waals surface area (Å²) in [6.45, 7) is 0.916. The largest absolute Gasteiger partial charge is 0.273 e. The van der Waals surface area contributed by atoms with Crippen molar-refractivity contribution in [3.63, 3.8) is 0 Å². The maximum Gasteiger partial charge on any atom is 0.273 e. The molecule has 4 aromatic rings. The number of nitrogens with zero attached hydrogens (tertiary/aromatic N) is 4. The van der Waals surface area contributed by atoms with Crippen molar-refractivity contribution in [2.45, 2.75) is 19.4 Å². The number of aromatic nitrogens is 4. The molecule has 4 nitrogen and oxygen atoms in total. The quantitative estimate of drug-likeness (QED) is 0.467. The van der Waals surface area contributed by atoms with Gasteiger partial charge in [-0.05, 0) is 35.4 Å². The number of hydrogen-bond donors (Lipinski definition) is 0. The van der Waals surface area contributed by atoms with Gasteiger partial charge in [-0.1, -0.05) is 6.07 Å². The Labute approximate surface area is 157 Å². The molecular weight excluding hydrogens is 372 g/mol. The first-order valence-corrected chi connectivity index (χ1v) is 8.40. The fraction of sp³-hybridized carbons (Fsp3) is 0.150. The first-order valence-electron chi connectivity index (χ1n) is 8.40. The van der Waals surface area contributed by atoms with Crippen LogP contribution in [0, 0.1) is 11.6 Å². The molecule has 0 aliphatic heterocycles. The van der Waals surface area contributed by atoms with Crippen LogP contribution in [0.15, 0.2) is 55.1 Å². The molecule has 0 amide bonds. The number of rotatable bonds is 4. The van der Waals surface area contributed by atoms with Crippen LogP contribution < -0.4 is 0 Å². The normalized spacial score (nSPS) is 11.9. The Morgan fingerprint density at radius 3 is 2.54 bits per heavy atom. The first-order chi connectivity index (χ1) is 13.3. The third kappa shape index (κ3) is 3.45. The van der Waals surface area contributed by atoms with E-state index in [1.165, 1.54) is 24.5 Å². The van der Waals surface area contributed by atoms with Crippen molar-refractivity contribution in [1.29, 1.82) is 0 Å².